The molecule has 0 spiro atoms. The first-order valence-corrected chi connectivity index (χ1v) is 12.6. The van der Waals surface area contributed by atoms with Gasteiger partial charge in [0, 0.05) is 6.54 Å². The lowest BCUT2D eigenvalue weighted by Gasteiger charge is -2.32. The Bertz CT molecular complexity index is 1420. The molecule has 38 heavy (non-hydrogen) atoms. The summed E-state index contributed by atoms with van der Waals surface area (Å²) in [6, 6.07) is 17.3. The number of nitrogens with zero attached hydrogens (tertiary/aromatic N) is 4. The number of carbonyl (C=O) groups excluding carboxylic acids is 2. The van der Waals surface area contributed by atoms with Gasteiger partial charge in [0.1, 0.15) is 29.7 Å². The van der Waals surface area contributed by atoms with E-state index in [-0.39, 0.29) is 12.5 Å². The molecule has 3 aromatic carbocycles. The van der Waals surface area contributed by atoms with Crippen molar-refractivity contribution in [2.24, 2.45) is 5.92 Å². The molecule has 9 heteroatoms. The molecule has 4 rings (SSSR count). The number of hydrogen-bond donors (Lipinski definition) is 1. The van der Waals surface area contributed by atoms with E-state index in [0.29, 0.717) is 40.5 Å². The van der Waals surface area contributed by atoms with Gasteiger partial charge in [0.25, 0.3) is 0 Å². The predicted octanol–water partition coefficient (Wildman–Crippen LogP) is 4.82. The molecule has 1 N–H and O–H groups in total. The maximum absolute atomic E-state index is 14.1. The third-order valence-corrected chi connectivity index (χ3v) is 6.28. The van der Waals surface area contributed by atoms with E-state index in [4.69, 9.17) is 4.74 Å². The SMILES string of the molecule is COc1ccc(C)cc1N(C(=O)Cn1nnc2ccccc21)C(C(=O)NCCC(C)C)c1ccc(F)cc1. The van der Waals surface area contributed by atoms with E-state index in [2.05, 4.69) is 29.5 Å². The van der Waals surface area contributed by atoms with Crippen LogP contribution in [0.2, 0.25) is 0 Å². The van der Waals surface area contributed by atoms with Crippen LogP contribution in [0.5, 0.6) is 5.75 Å². The van der Waals surface area contributed by atoms with Gasteiger partial charge in [0.15, 0.2) is 0 Å². The Labute approximate surface area is 221 Å². The molecule has 1 unspecified atom stereocenters. The summed E-state index contributed by atoms with van der Waals surface area (Å²) < 4.78 is 21.0. The summed E-state index contributed by atoms with van der Waals surface area (Å²) in [5.74, 6) is -0.410. The Kier molecular flexibility index (Phi) is 8.35. The van der Waals surface area contributed by atoms with E-state index >= 15 is 0 Å². The highest BCUT2D eigenvalue weighted by atomic mass is 19.1. The largest absolute Gasteiger partial charge is 0.495 e. The summed E-state index contributed by atoms with van der Waals surface area (Å²) >= 11 is 0. The molecule has 1 atom stereocenters. The number of halogens is 1. The van der Waals surface area contributed by atoms with Gasteiger partial charge in [-0.3, -0.25) is 14.5 Å². The highest BCUT2D eigenvalue weighted by molar-refractivity contribution is 6.02. The lowest BCUT2D eigenvalue weighted by Crippen LogP contribution is -2.45. The predicted molar refractivity (Wildman–Crippen MR) is 144 cm³/mol. The van der Waals surface area contributed by atoms with Crippen molar-refractivity contribution >= 4 is 28.5 Å². The number of carbonyl (C=O) groups is 2. The third kappa shape index (κ3) is 5.99. The molecule has 0 radical (unpaired) electrons. The quantitative estimate of drug-likeness (QED) is 0.326. The number of nitrogens with one attached hydrogen (secondary N) is 1. The zero-order valence-electron chi connectivity index (χ0n) is 22.0. The first-order chi connectivity index (χ1) is 18.3. The molecule has 0 saturated carbocycles. The molecule has 0 fully saturated rings. The van der Waals surface area contributed by atoms with Crippen LogP contribution in [-0.2, 0) is 16.1 Å². The van der Waals surface area contributed by atoms with E-state index in [1.807, 2.05) is 37.3 Å². The third-order valence-electron chi connectivity index (χ3n) is 6.28. The van der Waals surface area contributed by atoms with Gasteiger partial charge in [-0.05, 0) is 66.8 Å². The molecule has 1 aromatic heterocycles. The molecule has 1 heterocycles. The van der Waals surface area contributed by atoms with Gasteiger partial charge in [-0.2, -0.15) is 0 Å². The number of anilines is 1. The minimum Gasteiger partial charge on any atom is -0.495 e. The van der Waals surface area contributed by atoms with Crippen molar-refractivity contribution in [3.63, 3.8) is 0 Å². The van der Waals surface area contributed by atoms with Crippen LogP contribution < -0.4 is 15.0 Å². The highest BCUT2D eigenvalue weighted by Gasteiger charge is 2.35. The van der Waals surface area contributed by atoms with Crippen molar-refractivity contribution in [2.45, 2.75) is 39.8 Å². The summed E-state index contributed by atoms with van der Waals surface area (Å²) in [5.41, 5.74) is 3.12. The fraction of sp³-hybridized carbons (Fsp3) is 0.310. The number of aromatic nitrogens is 3. The number of ether oxygens (including phenoxy) is 1. The zero-order valence-corrected chi connectivity index (χ0v) is 22.0. The molecule has 0 saturated heterocycles. The van der Waals surface area contributed by atoms with Crippen LogP contribution in [-0.4, -0.2) is 40.5 Å². The topological polar surface area (TPSA) is 89.3 Å². The first-order valence-electron chi connectivity index (χ1n) is 12.6. The van der Waals surface area contributed by atoms with Gasteiger partial charge in [0.2, 0.25) is 11.8 Å². The van der Waals surface area contributed by atoms with Crippen LogP contribution >= 0.6 is 0 Å². The van der Waals surface area contributed by atoms with Crippen LogP contribution in [0.1, 0.15) is 37.4 Å². The second kappa shape index (κ2) is 11.9. The molecule has 8 nitrogen and oxygen atoms in total. The van der Waals surface area contributed by atoms with E-state index < -0.39 is 17.8 Å². The molecule has 4 aromatic rings. The van der Waals surface area contributed by atoms with Gasteiger partial charge in [-0.1, -0.05) is 49.4 Å². The number of amides is 2. The van der Waals surface area contributed by atoms with Crippen LogP contribution in [0.4, 0.5) is 10.1 Å². The average molecular weight is 518 g/mol. The summed E-state index contributed by atoms with van der Waals surface area (Å²) in [4.78, 5) is 29.3. The average Bonchev–Trinajstić information content (AvgIpc) is 3.30. The highest BCUT2D eigenvalue weighted by Crippen LogP contribution is 2.36. The zero-order chi connectivity index (χ0) is 27.2. The molecule has 0 aliphatic heterocycles. The number of para-hydroxylation sites is 1. The normalized spacial score (nSPS) is 11.9. The van der Waals surface area contributed by atoms with Crippen LogP contribution in [0.25, 0.3) is 11.0 Å². The van der Waals surface area contributed by atoms with Crippen molar-refractivity contribution in [1.29, 1.82) is 0 Å². The smallest absolute Gasteiger partial charge is 0.249 e. The van der Waals surface area contributed by atoms with E-state index in [9.17, 15) is 14.0 Å². The number of benzene rings is 3. The Morgan fingerprint density at radius 3 is 2.53 bits per heavy atom. The standard InChI is InChI=1S/C29H32FN5O3/c1-19(2)15-16-31-29(37)28(21-10-12-22(30)13-11-21)35(25-17-20(3)9-14-26(25)38-4)27(36)18-34-24-8-6-5-7-23(24)32-33-34/h5-14,17,19,28H,15-16,18H2,1-4H3,(H,31,37). The Balaban J connectivity index is 1.83. The summed E-state index contributed by atoms with van der Waals surface area (Å²) in [6.45, 7) is 6.30. The molecule has 198 valence electrons. The van der Waals surface area contributed by atoms with Gasteiger partial charge < -0.3 is 10.1 Å². The molecule has 0 bridgehead atoms. The fourth-order valence-electron chi connectivity index (χ4n) is 4.29. The van der Waals surface area contributed by atoms with Crippen molar-refractivity contribution in [2.75, 3.05) is 18.6 Å². The summed E-state index contributed by atoms with van der Waals surface area (Å²) in [7, 11) is 1.51. The number of fused-ring (bicyclic) bond motifs is 1. The maximum atomic E-state index is 14.1. The van der Waals surface area contributed by atoms with Gasteiger partial charge in [-0.15, -0.1) is 5.10 Å². The van der Waals surface area contributed by atoms with Crippen molar-refractivity contribution in [3.8, 4) is 5.75 Å². The Morgan fingerprint density at radius 2 is 1.82 bits per heavy atom. The van der Waals surface area contributed by atoms with E-state index in [0.717, 1.165) is 12.0 Å². The van der Waals surface area contributed by atoms with Gasteiger partial charge in [0.05, 0.1) is 18.3 Å². The van der Waals surface area contributed by atoms with Crippen molar-refractivity contribution in [1.82, 2.24) is 20.3 Å². The second-order valence-corrected chi connectivity index (χ2v) is 9.60. The Morgan fingerprint density at radius 1 is 1.08 bits per heavy atom. The van der Waals surface area contributed by atoms with Gasteiger partial charge in [-0.25, -0.2) is 9.07 Å². The van der Waals surface area contributed by atoms with Crippen molar-refractivity contribution < 1.29 is 18.7 Å². The molecule has 0 aliphatic carbocycles. The maximum Gasteiger partial charge on any atom is 0.249 e. The molecule has 2 amide bonds. The molecular formula is C29H32FN5O3. The number of methoxy groups -OCH3 is 1. The Hall–Kier alpha value is -4.27. The lowest BCUT2D eigenvalue weighted by molar-refractivity contribution is -0.127. The fourth-order valence-corrected chi connectivity index (χ4v) is 4.29. The van der Waals surface area contributed by atoms with Crippen molar-refractivity contribution in [3.05, 3.63) is 83.7 Å². The monoisotopic (exact) mass is 517 g/mol. The number of rotatable bonds is 10. The van der Waals surface area contributed by atoms with Crippen LogP contribution in [0.3, 0.4) is 0 Å². The number of hydrogen-bond acceptors (Lipinski definition) is 5. The minimum absolute atomic E-state index is 0.172. The summed E-state index contributed by atoms with van der Waals surface area (Å²) in [5, 5.41) is 11.3. The molecule has 0 aliphatic rings. The lowest BCUT2D eigenvalue weighted by atomic mass is 10.0. The first kappa shape index (κ1) is 26.8. The molecular weight excluding hydrogens is 485 g/mol. The summed E-state index contributed by atoms with van der Waals surface area (Å²) in [6.07, 6.45) is 0.772. The van der Waals surface area contributed by atoms with Crippen LogP contribution in [0, 0.1) is 18.7 Å². The van der Waals surface area contributed by atoms with Crippen LogP contribution in [0.15, 0.2) is 66.7 Å². The van der Waals surface area contributed by atoms with E-state index in [1.54, 1.807) is 12.1 Å². The van der Waals surface area contributed by atoms with E-state index in [1.165, 1.54) is 41.0 Å². The van der Waals surface area contributed by atoms with Gasteiger partial charge >= 0.3 is 0 Å². The number of aryl methyl sites for hydroxylation is 1. The minimum atomic E-state index is -1.08. The second-order valence-electron chi connectivity index (χ2n) is 9.60.